The van der Waals surface area contributed by atoms with E-state index in [0.717, 1.165) is 17.5 Å². The highest BCUT2D eigenvalue weighted by molar-refractivity contribution is 7.92. The topological polar surface area (TPSA) is 74.8 Å². The molecule has 23 heavy (non-hydrogen) atoms. The predicted molar refractivity (Wildman–Crippen MR) is 90.7 cm³/mol. The molecule has 0 spiro atoms. The molecule has 0 fully saturated rings. The van der Waals surface area contributed by atoms with E-state index in [0.29, 0.717) is 11.4 Å². The van der Waals surface area contributed by atoms with E-state index in [2.05, 4.69) is 14.9 Å². The molecule has 0 unspecified atom stereocenters. The first-order valence-corrected chi connectivity index (χ1v) is 8.79. The molecule has 0 aliphatic carbocycles. The van der Waals surface area contributed by atoms with Gasteiger partial charge in [-0.3, -0.25) is 9.82 Å². The number of H-pyrrole nitrogens is 1. The lowest BCUT2D eigenvalue weighted by atomic mass is 10.1. The van der Waals surface area contributed by atoms with Crippen molar-refractivity contribution in [3.8, 4) is 11.1 Å². The Morgan fingerprint density at radius 2 is 1.74 bits per heavy atom. The van der Waals surface area contributed by atoms with E-state index in [1.807, 2.05) is 49.4 Å². The molecule has 1 heterocycles. The molecule has 3 rings (SSSR count). The minimum absolute atomic E-state index is 0.225. The first kappa shape index (κ1) is 15.3. The zero-order chi connectivity index (χ0) is 16.3. The predicted octanol–water partition coefficient (Wildman–Crippen LogP) is 3.44. The van der Waals surface area contributed by atoms with Crippen molar-refractivity contribution in [2.24, 2.45) is 0 Å². The zero-order valence-electron chi connectivity index (χ0n) is 12.7. The molecule has 0 bridgehead atoms. The van der Waals surface area contributed by atoms with Crippen LogP contribution >= 0.6 is 0 Å². The van der Waals surface area contributed by atoms with E-state index < -0.39 is 10.0 Å². The van der Waals surface area contributed by atoms with Crippen molar-refractivity contribution in [1.82, 2.24) is 10.2 Å². The van der Waals surface area contributed by atoms with Crippen molar-refractivity contribution in [1.29, 1.82) is 0 Å². The summed E-state index contributed by atoms with van der Waals surface area (Å²) in [6.07, 6.45) is 2.47. The minimum atomic E-state index is -3.66. The second kappa shape index (κ2) is 6.26. The third kappa shape index (κ3) is 3.27. The van der Waals surface area contributed by atoms with Gasteiger partial charge in [-0.15, -0.1) is 0 Å². The molecule has 0 aliphatic rings. The maximum absolute atomic E-state index is 12.5. The summed E-state index contributed by atoms with van der Waals surface area (Å²) in [5.41, 5.74) is 2.69. The lowest BCUT2D eigenvalue weighted by Crippen LogP contribution is -2.13. The highest BCUT2D eigenvalue weighted by Crippen LogP contribution is 2.27. The van der Waals surface area contributed by atoms with Crippen LogP contribution in [0.4, 0.5) is 5.82 Å². The average molecular weight is 327 g/mol. The molecule has 5 nitrogen and oxygen atoms in total. The van der Waals surface area contributed by atoms with E-state index in [9.17, 15) is 8.42 Å². The van der Waals surface area contributed by atoms with Gasteiger partial charge in [-0.25, -0.2) is 8.42 Å². The van der Waals surface area contributed by atoms with Gasteiger partial charge in [0.2, 0.25) is 0 Å². The Morgan fingerprint density at radius 1 is 1.04 bits per heavy atom. The third-order valence-corrected chi connectivity index (χ3v) is 4.97. The summed E-state index contributed by atoms with van der Waals surface area (Å²) >= 11 is 0. The van der Waals surface area contributed by atoms with Crippen LogP contribution in [0.25, 0.3) is 11.1 Å². The van der Waals surface area contributed by atoms with Crippen LogP contribution in [0.3, 0.4) is 0 Å². The number of nitrogens with zero attached hydrogens (tertiary/aromatic N) is 1. The number of rotatable bonds is 5. The minimum Gasteiger partial charge on any atom is -0.263 e. The normalized spacial score (nSPS) is 11.3. The average Bonchev–Trinajstić information content (AvgIpc) is 3.03. The molecule has 2 aromatic carbocycles. The Morgan fingerprint density at radius 3 is 2.39 bits per heavy atom. The molecule has 3 aromatic rings. The SMILES string of the molecule is CCc1ccc(S(=O)(=O)Nc2[nH]ncc2-c2ccccc2)cc1. The number of aryl methyl sites for hydroxylation is 1. The quantitative estimate of drug-likeness (QED) is 0.754. The maximum atomic E-state index is 12.5. The number of nitrogens with one attached hydrogen (secondary N) is 2. The van der Waals surface area contributed by atoms with Gasteiger partial charge in [0.05, 0.1) is 11.1 Å². The Kier molecular flexibility index (Phi) is 4.16. The molecule has 1 aromatic heterocycles. The van der Waals surface area contributed by atoms with Gasteiger partial charge in [-0.05, 0) is 29.7 Å². The number of hydrogen-bond acceptors (Lipinski definition) is 3. The Bertz CT molecular complexity index is 885. The molecule has 0 aliphatic heterocycles. The van der Waals surface area contributed by atoms with Gasteiger partial charge in [-0.1, -0.05) is 49.4 Å². The number of anilines is 1. The molecule has 118 valence electrons. The molecule has 0 amide bonds. The van der Waals surface area contributed by atoms with E-state index >= 15 is 0 Å². The van der Waals surface area contributed by atoms with Crippen molar-refractivity contribution in [3.05, 3.63) is 66.4 Å². The summed E-state index contributed by atoms with van der Waals surface area (Å²) in [5, 5.41) is 6.66. The first-order chi connectivity index (χ1) is 11.1. The summed E-state index contributed by atoms with van der Waals surface area (Å²) in [7, 11) is -3.66. The van der Waals surface area contributed by atoms with Gasteiger partial charge in [0.25, 0.3) is 10.0 Å². The van der Waals surface area contributed by atoms with E-state index in [1.165, 1.54) is 0 Å². The molecule has 0 radical (unpaired) electrons. The van der Waals surface area contributed by atoms with Gasteiger partial charge < -0.3 is 0 Å². The van der Waals surface area contributed by atoms with Crippen LogP contribution in [0.1, 0.15) is 12.5 Å². The zero-order valence-corrected chi connectivity index (χ0v) is 13.5. The fourth-order valence-electron chi connectivity index (χ4n) is 2.30. The third-order valence-electron chi connectivity index (χ3n) is 3.60. The largest absolute Gasteiger partial charge is 0.263 e. The lowest BCUT2D eigenvalue weighted by Gasteiger charge is -2.09. The molecule has 2 N–H and O–H groups in total. The molecule has 0 saturated carbocycles. The number of aromatic nitrogens is 2. The monoisotopic (exact) mass is 327 g/mol. The highest BCUT2D eigenvalue weighted by Gasteiger charge is 2.17. The second-order valence-corrected chi connectivity index (χ2v) is 6.81. The number of aromatic amines is 1. The summed E-state index contributed by atoms with van der Waals surface area (Å²) < 4.78 is 27.6. The van der Waals surface area contributed by atoms with Crippen molar-refractivity contribution in [2.45, 2.75) is 18.2 Å². The van der Waals surface area contributed by atoms with Crippen LogP contribution in [-0.4, -0.2) is 18.6 Å². The molecular weight excluding hydrogens is 310 g/mol. The van der Waals surface area contributed by atoms with Crippen LogP contribution in [0.15, 0.2) is 65.7 Å². The highest BCUT2D eigenvalue weighted by atomic mass is 32.2. The van der Waals surface area contributed by atoms with Crippen LogP contribution in [-0.2, 0) is 16.4 Å². The van der Waals surface area contributed by atoms with E-state index in [-0.39, 0.29) is 4.90 Å². The summed E-state index contributed by atoms with van der Waals surface area (Å²) in [5.74, 6) is 0.357. The van der Waals surface area contributed by atoms with Gasteiger partial charge in [0.1, 0.15) is 5.82 Å². The second-order valence-electron chi connectivity index (χ2n) is 5.13. The van der Waals surface area contributed by atoms with Crippen molar-refractivity contribution in [2.75, 3.05) is 4.72 Å². The van der Waals surface area contributed by atoms with Crippen LogP contribution in [0.2, 0.25) is 0 Å². The van der Waals surface area contributed by atoms with Crippen molar-refractivity contribution >= 4 is 15.8 Å². The van der Waals surface area contributed by atoms with Crippen LogP contribution in [0.5, 0.6) is 0 Å². The van der Waals surface area contributed by atoms with Crippen molar-refractivity contribution < 1.29 is 8.42 Å². The smallest absolute Gasteiger partial charge is 0.263 e. The van der Waals surface area contributed by atoms with Gasteiger partial charge in [-0.2, -0.15) is 5.10 Å². The van der Waals surface area contributed by atoms with E-state index in [4.69, 9.17) is 0 Å². The Hall–Kier alpha value is -2.60. The molecule has 6 heteroatoms. The maximum Gasteiger partial charge on any atom is 0.263 e. The fraction of sp³-hybridized carbons (Fsp3) is 0.118. The Labute approximate surface area is 135 Å². The van der Waals surface area contributed by atoms with Gasteiger partial charge >= 0.3 is 0 Å². The molecule has 0 saturated heterocycles. The number of hydrogen-bond donors (Lipinski definition) is 2. The first-order valence-electron chi connectivity index (χ1n) is 7.30. The number of sulfonamides is 1. The summed E-state index contributed by atoms with van der Waals surface area (Å²) in [6, 6.07) is 16.4. The lowest BCUT2D eigenvalue weighted by molar-refractivity contribution is 0.601. The van der Waals surface area contributed by atoms with Crippen molar-refractivity contribution in [3.63, 3.8) is 0 Å². The van der Waals surface area contributed by atoms with E-state index in [1.54, 1.807) is 18.3 Å². The van der Waals surface area contributed by atoms with Gasteiger partial charge in [0.15, 0.2) is 0 Å². The molecule has 0 atom stereocenters. The standard InChI is InChI=1S/C17H17N3O2S/c1-2-13-8-10-15(11-9-13)23(21,22)20-17-16(12-18-19-17)14-6-4-3-5-7-14/h3-12H,2H2,1H3,(H2,18,19,20). The Balaban J connectivity index is 1.91. The van der Waals surface area contributed by atoms with Crippen LogP contribution < -0.4 is 4.72 Å². The fourth-order valence-corrected chi connectivity index (χ4v) is 3.33. The van der Waals surface area contributed by atoms with Gasteiger partial charge in [0, 0.05) is 5.56 Å². The van der Waals surface area contributed by atoms with Crippen LogP contribution in [0, 0.1) is 0 Å². The number of benzene rings is 2. The summed E-state index contributed by atoms with van der Waals surface area (Å²) in [4.78, 5) is 0.225. The molecular formula is C17H17N3O2S. The summed E-state index contributed by atoms with van der Waals surface area (Å²) in [6.45, 7) is 2.03.